The van der Waals surface area contributed by atoms with Crippen LogP contribution in [0.15, 0.2) is 24.5 Å². The Labute approximate surface area is 123 Å². The summed E-state index contributed by atoms with van der Waals surface area (Å²) in [6, 6.07) is 4.74. The summed E-state index contributed by atoms with van der Waals surface area (Å²) in [5.41, 5.74) is 0.432. The molecule has 9 nitrogen and oxygen atoms in total. The van der Waals surface area contributed by atoms with Gasteiger partial charge in [-0.1, -0.05) is 16.6 Å². The number of aromatic nitrogens is 3. The highest BCUT2D eigenvalue weighted by molar-refractivity contribution is 6.30. The maximum absolute atomic E-state index is 11.9. The van der Waals surface area contributed by atoms with Crippen LogP contribution in [0.25, 0.3) is 0 Å². The average Bonchev–Trinajstić information content (AvgIpc) is 2.89. The number of hydrogen-bond donors (Lipinski definition) is 1. The Balaban J connectivity index is 2.06. The monoisotopic (exact) mass is 311 g/mol. The molecular formula is C11H10ClN5O4. The SMILES string of the molecule is COc1cc(Cl)ccc1NC(=O)Cn1cnc([N+](=O)[O-])n1. The van der Waals surface area contributed by atoms with E-state index in [0.717, 1.165) is 11.0 Å². The Hall–Kier alpha value is -2.68. The lowest BCUT2D eigenvalue weighted by atomic mass is 10.3. The number of benzene rings is 1. The molecule has 1 heterocycles. The van der Waals surface area contributed by atoms with Crippen LogP contribution in [-0.4, -0.2) is 32.7 Å². The highest BCUT2D eigenvalue weighted by Crippen LogP contribution is 2.27. The minimum absolute atomic E-state index is 0.216. The van der Waals surface area contributed by atoms with Crippen molar-refractivity contribution in [2.24, 2.45) is 0 Å². The molecule has 0 aliphatic rings. The standard InChI is InChI=1S/C11H10ClN5O4/c1-21-9-4-7(12)2-3-8(9)14-10(18)5-16-6-13-11(15-16)17(19)20/h2-4,6H,5H2,1H3,(H,14,18). The van der Waals surface area contributed by atoms with Gasteiger partial charge in [0.25, 0.3) is 0 Å². The van der Waals surface area contributed by atoms with Gasteiger partial charge in [-0.3, -0.25) is 4.79 Å². The first-order valence-electron chi connectivity index (χ1n) is 5.67. The van der Waals surface area contributed by atoms with Crippen molar-refractivity contribution >= 4 is 29.1 Å². The normalized spacial score (nSPS) is 10.2. The minimum atomic E-state index is -0.739. The molecule has 1 amide bonds. The first kappa shape index (κ1) is 14.7. The molecular weight excluding hydrogens is 302 g/mol. The lowest BCUT2D eigenvalue weighted by Gasteiger charge is -2.09. The predicted octanol–water partition coefficient (Wildman–Crippen LogP) is 1.49. The van der Waals surface area contributed by atoms with Gasteiger partial charge in [-0.05, 0) is 17.1 Å². The van der Waals surface area contributed by atoms with Crippen LogP contribution in [0.1, 0.15) is 0 Å². The number of methoxy groups -OCH3 is 1. The van der Waals surface area contributed by atoms with E-state index in [-0.39, 0.29) is 6.54 Å². The summed E-state index contributed by atoms with van der Waals surface area (Å²) in [4.78, 5) is 25.0. The molecule has 0 saturated carbocycles. The molecule has 110 valence electrons. The zero-order valence-corrected chi connectivity index (χ0v) is 11.6. The quantitative estimate of drug-likeness (QED) is 0.661. The Kier molecular flexibility index (Phi) is 4.33. The van der Waals surface area contributed by atoms with Crippen LogP contribution in [0.2, 0.25) is 5.02 Å². The third-order valence-corrected chi connectivity index (χ3v) is 2.67. The Morgan fingerprint density at radius 2 is 2.33 bits per heavy atom. The molecule has 10 heteroatoms. The number of anilines is 1. The van der Waals surface area contributed by atoms with E-state index in [0.29, 0.717) is 16.5 Å². The van der Waals surface area contributed by atoms with E-state index < -0.39 is 16.8 Å². The van der Waals surface area contributed by atoms with Gasteiger partial charge in [0.05, 0.1) is 12.8 Å². The van der Waals surface area contributed by atoms with Crippen molar-refractivity contribution in [3.63, 3.8) is 0 Å². The van der Waals surface area contributed by atoms with E-state index in [1.54, 1.807) is 18.2 Å². The number of nitrogens with one attached hydrogen (secondary N) is 1. The van der Waals surface area contributed by atoms with Gasteiger partial charge in [-0.15, -0.1) is 0 Å². The summed E-state index contributed by atoms with van der Waals surface area (Å²) in [5.74, 6) is -0.595. The molecule has 21 heavy (non-hydrogen) atoms. The number of nitrogens with zero attached hydrogens (tertiary/aromatic N) is 4. The molecule has 0 unspecified atom stereocenters. The van der Waals surface area contributed by atoms with Gasteiger partial charge >= 0.3 is 5.95 Å². The van der Waals surface area contributed by atoms with Crippen LogP contribution in [-0.2, 0) is 11.3 Å². The summed E-state index contributed by atoms with van der Waals surface area (Å²) < 4.78 is 6.15. The zero-order chi connectivity index (χ0) is 15.4. The van der Waals surface area contributed by atoms with E-state index in [1.807, 2.05) is 0 Å². The third kappa shape index (κ3) is 3.66. The molecule has 0 aliphatic carbocycles. The number of nitro groups is 1. The van der Waals surface area contributed by atoms with Gasteiger partial charge in [0, 0.05) is 16.2 Å². The van der Waals surface area contributed by atoms with Crippen LogP contribution in [0.4, 0.5) is 11.6 Å². The Morgan fingerprint density at radius 1 is 1.57 bits per heavy atom. The predicted molar refractivity (Wildman–Crippen MR) is 73.3 cm³/mol. The number of rotatable bonds is 5. The number of ether oxygens (including phenoxy) is 1. The molecule has 1 aromatic carbocycles. The van der Waals surface area contributed by atoms with Crippen molar-refractivity contribution < 1.29 is 14.5 Å². The molecule has 0 spiro atoms. The van der Waals surface area contributed by atoms with Crippen LogP contribution in [0.5, 0.6) is 5.75 Å². The highest BCUT2D eigenvalue weighted by Gasteiger charge is 2.16. The van der Waals surface area contributed by atoms with Crippen molar-refractivity contribution in [1.82, 2.24) is 14.8 Å². The maximum Gasteiger partial charge on any atom is 0.490 e. The second-order valence-corrected chi connectivity index (χ2v) is 4.33. The molecule has 0 fully saturated rings. The molecule has 1 aromatic heterocycles. The molecule has 2 rings (SSSR count). The second kappa shape index (κ2) is 6.18. The average molecular weight is 312 g/mol. The topological polar surface area (TPSA) is 112 Å². The van der Waals surface area contributed by atoms with E-state index in [2.05, 4.69) is 15.4 Å². The summed E-state index contributed by atoms with van der Waals surface area (Å²) >= 11 is 5.82. The van der Waals surface area contributed by atoms with Gasteiger partial charge in [0.2, 0.25) is 12.2 Å². The van der Waals surface area contributed by atoms with E-state index in [4.69, 9.17) is 16.3 Å². The fourth-order valence-electron chi connectivity index (χ4n) is 1.55. The number of halogens is 1. The maximum atomic E-state index is 11.9. The van der Waals surface area contributed by atoms with Crippen LogP contribution >= 0.6 is 11.6 Å². The number of carbonyl (C=O) groups excluding carboxylic acids is 1. The first-order chi connectivity index (χ1) is 9.99. The summed E-state index contributed by atoms with van der Waals surface area (Å²) in [7, 11) is 1.45. The van der Waals surface area contributed by atoms with Crippen LogP contribution in [0.3, 0.4) is 0 Å². The molecule has 2 aromatic rings. The smallest absolute Gasteiger partial charge is 0.490 e. The molecule has 0 atom stereocenters. The molecule has 1 N–H and O–H groups in total. The van der Waals surface area contributed by atoms with Gasteiger partial charge in [-0.2, -0.15) is 4.68 Å². The van der Waals surface area contributed by atoms with E-state index >= 15 is 0 Å². The van der Waals surface area contributed by atoms with Crippen molar-refractivity contribution in [2.45, 2.75) is 6.54 Å². The largest absolute Gasteiger partial charge is 0.495 e. The highest BCUT2D eigenvalue weighted by atomic mass is 35.5. The molecule has 0 bridgehead atoms. The van der Waals surface area contributed by atoms with Gasteiger partial charge in [0.1, 0.15) is 12.3 Å². The van der Waals surface area contributed by atoms with Crippen molar-refractivity contribution in [1.29, 1.82) is 0 Å². The van der Waals surface area contributed by atoms with Gasteiger partial charge in [0.15, 0.2) is 0 Å². The number of hydrogen-bond acceptors (Lipinski definition) is 6. The van der Waals surface area contributed by atoms with Gasteiger partial charge in [-0.25, -0.2) is 0 Å². The molecule has 0 radical (unpaired) electrons. The van der Waals surface area contributed by atoms with Crippen molar-refractivity contribution in [3.05, 3.63) is 39.7 Å². The second-order valence-electron chi connectivity index (χ2n) is 3.89. The van der Waals surface area contributed by atoms with E-state index in [9.17, 15) is 14.9 Å². The van der Waals surface area contributed by atoms with Crippen molar-refractivity contribution in [3.8, 4) is 5.75 Å². The van der Waals surface area contributed by atoms with E-state index in [1.165, 1.54) is 7.11 Å². The fourth-order valence-corrected chi connectivity index (χ4v) is 1.71. The van der Waals surface area contributed by atoms with Crippen LogP contribution in [0, 0.1) is 10.1 Å². The Morgan fingerprint density at radius 3 is 2.95 bits per heavy atom. The Bertz CT molecular complexity index is 687. The zero-order valence-electron chi connectivity index (χ0n) is 10.8. The summed E-state index contributed by atoms with van der Waals surface area (Å²) in [6.07, 6.45) is 1.11. The third-order valence-electron chi connectivity index (χ3n) is 2.43. The van der Waals surface area contributed by atoms with Crippen LogP contribution < -0.4 is 10.1 Å². The van der Waals surface area contributed by atoms with Gasteiger partial charge < -0.3 is 20.2 Å². The lowest BCUT2D eigenvalue weighted by Crippen LogP contribution is -2.19. The number of carbonyl (C=O) groups is 1. The molecule has 0 saturated heterocycles. The lowest BCUT2D eigenvalue weighted by molar-refractivity contribution is -0.394. The van der Waals surface area contributed by atoms with Crippen molar-refractivity contribution in [2.75, 3.05) is 12.4 Å². The summed E-state index contributed by atoms with van der Waals surface area (Å²) in [6.45, 7) is -0.216. The fraction of sp³-hybridized carbons (Fsp3) is 0.182. The molecule has 0 aliphatic heterocycles. The summed E-state index contributed by atoms with van der Waals surface area (Å²) in [5, 5.41) is 17.0. The number of amides is 1. The minimum Gasteiger partial charge on any atom is -0.495 e. The first-order valence-corrected chi connectivity index (χ1v) is 6.04.